The first-order valence-electron chi connectivity index (χ1n) is 7.89. The fraction of sp³-hybridized carbons (Fsp3) is 0.706. The van der Waals surface area contributed by atoms with Crippen molar-refractivity contribution in [1.29, 1.82) is 5.26 Å². The van der Waals surface area contributed by atoms with Crippen LogP contribution in [0, 0.1) is 55.6 Å². The van der Waals surface area contributed by atoms with Crippen LogP contribution in [0.25, 0.3) is 0 Å². The molecule has 13 nitrogen and oxygen atoms in total. The molecule has 16 heteroatoms. The summed E-state index contributed by atoms with van der Waals surface area (Å²) in [5, 5.41) is 20.1. The molecule has 0 bridgehead atoms. The monoisotopic (exact) mass is 786 g/mol. The molecular formula is C17H39AcBrKN5O8. The van der Waals surface area contributed by atoms with Crippen LogP contribution in [0.15, 0.2) is 0 Å². The zero-order valence-electron chi connectivity index (χ0n) is 18.8. The van der Waals surface area contributed by atoms with Crippen LogP contribution in [0.3, 0.4) is 0 Å². The number of carbonyl (C=O) groups is 4. The summed E-state index contributed by atoms with van der Waals surface area (Å²) in [7, 11) is 4.77. The second-order valence-electron chi connectivity index (χ2n) is 4.07. The Labute approximate surface area is 284 Å². The third kappa shape index (κ3) is 54.8. The van der Waals surface area contributed by atoms with E-state index in [1.54, 1.807) is 27.9 Å². The van der Waals surface area contributed by atoms with E-state index in [1.807, 2.05) is 0 Å². The van der Waals surface area contributed by atoms with E-state index < -0.39 is 0 Å². The molecule has 0 unspecified atom stereocenters. The number of alkyl halides is 1. The van der Waals surface area contributed by atoms with Crippen molar-refractivity contribution < 1.29 is 135 Å². The fourth-order valence-corrected chi connectivity index (χ4v) is 1.26. The summed E-state index contributed by atoms with van der Waals surface area (Å²) < 4.78 is 9.09. The first kappa shape index (κ1) is 59.0. The van der Waals surface area contributed by atoms with Gasteiger partial charge in [-0.3, -0.25) is 19.7 Å². The molecule has 0 aromatic rings. The van der Waals surface area contributed by atoms with Crippen LogP contribution in [0.5, 0.6) is 0 Å². The van der Waals surface area contributed by atoms with Gasteiger partial charge in [-0.15, -0.1) is 0 Å². The molecule has 1 rings (SSSR count). The van der Waals surface area contributed by atoms with Crippen molar-refractivity contribution in [1.82, 2.24) is 15.5 Å². The van der Waals surface area contributed by atoms with Gasteiger partial charge in [-0.2, -0.15) is 0 Å². The van der Waals surface area contributed by atoms with Gasteiger partial charge in [0.15, 0.2) is 0 Å². The molecule has 1 heterocycles. The fourth-order valence-electron chi connectivity index (χ4n) is 1.10. The molecular weight excluding hydrogens is 748 g/mol. The first-order valence-corrected chi connectivity index (χ1v) is 9.01. The minimum Gasteiger partial charge on any atom is -0.812 e. The van der Waals surface area contributed by atoms with E-state index in [-0.39, 0.29) is 146 Å². The Morgan fingerprint density at radius 1 is 1.21 bits per heavy atom. The summed E-state index contributed by atoms with van der Waals surface area (Å²) >= 11 is 2.94. The van der Waals surface area contributed by atoms with Gasteiger partial charge in [0, 0.05) is 57.4 Å². The molecule has 6 N–H and O–H groups in total. The van der Waals surface area contributed by atoms with Gasteiger partial charge in [0.2, 0.25) is 5.91 Å². The summed E-state index contributed by atoms with van der Waals surface area (Å²) in [4.78, 5) is 42.5. The number of nitrogens with one attached hydrogen (secondary N) is 2. The number of amides is 3. The van der Waals surface area contributed by atoms with E-state index >= 15 is 0 Å². The molecule has 1 aliphatic heterocycles. The summed E-state index contributed by atoms with van der Waals surface area (Å²) in [5.74, 6) is -0.630. The van der Waals surface area contributed by atoms with E-state index in [0.29, 0.717) is 31.3 Å². The number of halogens is 1. The number of nitrogens with zero attached hydrogens (tertiary/aromatic N) is 2. The summed E-state index contributed by atoms with van der Waals surface area (Å²) in [6.45, 7) is 4.98. The molecule has 191 valence electrons. The van der Waals surface area contributed by atoms with Crippen LogP contribution in [0.2, 0.25) is 0 Å². The summed E-state index contributed by atoms with van der Waals surface area (Å²) in [5.41, 5.74) is 4.50. The summed E-state index contributed by atoms with van der Waals surface area (Å²) in [6.07, 6.45) is 0.500. The average Bonchev–Trinajstić information content (AvgIpc) is 2.94. The van der Waals surface area contributed by atoms with E-state index in [1.165, 1.54) is 11.9 Å². The molecule has 0 aromatic heterocycles. The number of imide groups is 1. The number of carbonyl (C=O) groups excluding carboxylic acids is 4. The zero-order chi connectivity index (χ0) is 23.0. The Morgan fingerprint density at radius 3 is 1.73 bits per heavy atom. The first-order chi connectivity index (χ1) is 13.2. The molecule has 0 aromatic carbocycles. The Morgan fingerprint density at radius 2 is 1.58 bits per heavy atom. The van der Waals surface area contributed by atoms with E-state index in [4.69, 9.17) is 10.4 Å². The van der Waals surface area contributed by atoms with Gasteiger partial charge in [0.05, 0.1) is 19.8 Å². The second kappa shape index (κ2) is 49.7. The number of likely N-dealkylation sites (N-methyl/N-ethyl adjacent to an activating group) is 2. The third-order valence-electron chi connectivity index (χ3n) is 2.01. The van der Waals surface area contributed by atoms with Crippen LogP contribution >= 0.6 is 15.9 Å². The Balaban J connectivity index is -0.0000000319. The average molecular weight is 788 g/mol. The minimum absolute atomic E-state index is 0. The molecule has 1 fully saturated rings. The van der Waals surface area contributed by atoms with Crippen molar-refractivity contribution in [2.45, 2.75) is 28.7 Å². The second-order valence-corrected chi connectivity index (χ2v) is 4.64. The minimum atomic E-state index is -0.310. The Kier molecular flexibility index (Phi) is 88.8. The van der Waals surface area contributed by atoms with Crippen molar-refractivity contribution in [2.75, 3.05) is 52.8 Å². The van der Waals surface area contributed by atoms with Gasteiger partial charge in [-0.05, 0) is 27.9 Å². The number of esters is 2. The van der Waals surface area contributed by atoms with Gasteiger partial charge >= 0.3 is 69.4 Å². The van der Waals surface area contributed by atoms with Gasteiger partial charge < -0.3 is 36.0 Å². The van der Waals surface area contributed by atoms with Crippen LogP contribution in [0.4, 0.5) is 4.79 Å². The van der Waals surface area contributed by atoms with E-state index in [2.05, 4.69) is 41.8 Å². The number of nitriles is 1. The van der Waals surface area contributed by atoms with Gasteiger partial charge in [0.1, 0.15) is 11.9 Å². The van der Waals surface area contributed by atoms with Crippen LogP contribution in [-0.2, 0) is 23.9 Å². The number of hydrogen-bond acceptors (Lipinski definition) is 10. The van der Waals surface area contributed by atoms with Crippen molar-refractivity contribution in [3.05, 3.63) is 0 Å². The molecule has 3 amide bonds. The largest absolute Gasteiger partial charge is 1.00 e. The number of rotatable bonds is 5. The van der Waals surface area contributed by atoms with E-state index in [9.17, 15) is 19.2 Å². The molecule has 0 spiro atoms. The van der Waals surface area contributed by atoms with Crippen molar-refractivity contribution in [3.8, 4) is 6.26 Å². The van der Waals surface area contributed by atoms with E-state index in [0.717, 1.165) is 0 Å². The number of ether oxygens (including phenoxy) is 2. The van der Waals surface area contributed by atoms with Crippen LogP contribution in [-0.4, -0.2) is 87.0 Å². The predicted octanol–water partition coefficient (Wildman–Crippen LogP) is -4.26. The molecule has 0 atom stereocenters. The predicted molar refractivity (Wildman–Crippen MR) is 120 cm³/mol. The van der Waals surface area contributed by atoms with Crippen LogP contribution in [0.1, 0.15) is 28.7 Å². The quantitative estimate of drug-likeness (QED) is 0.0802. The SMILES string of the molecule is C.C.CCOC(=O)CBr.CCOC(=O)CNC.CN.CN1CC(=O)NC1=O.N#C[O-].O.[Ac].[K+]. The number of nitrogens with two attached hydrogens (primary N) is 1. The molecule has 1 saturated heterocycles. The maximum Gasteiger partial charge on any atom is 1.00 e. The van der Waals surface area contributed by atoms with Gasteiger partial charge in [0.25, 0.3) is 0 Å². The smallest absolute Gasteiger partial charge is 0.812 e. The van der Waals surface area contributed by atoms with Gasteiger partial charge in [-0.1, -0.05) is 30.8 Å². The molecule has 0 aliphatic carbocycles. The maximum absolute atomic E-state index is 10.4. The molecule has 0 saturated carbocycles. The molecule has 1 radical (unpaired) electrons. The topological polar surface area (TPSA) is 218 Å². The van der Waals surface area contributed by atoms with Crippen LogP contribution < -0.4 is 72.9 Å². The zero-order valence-corrected chi connectivity index (χ0v) is 28.3. The Hall–Kier alpha value is 0.608. The van der Waals surface area contributed by atoms with Crippen molar-refractivity contribution >= 4 is 39.8 Å². The number of urea groups is 1. The van der Waals surface area contributed by atoms with Crippen molar-refractivity contribution in [2.24, 2.45) is 5.73 Å². The number of hydrogen-bond donors (Lipinski definition) is 3. The van der Waals surface area contributed by atoms with Crippen molar-refractivity contribution in [3.63, 3.8) is 0 Å². The standard InChI is InChI=1S/C5H11NO2.C4H7BrO2.C4H6N2O2.CHNO.CH5N.2CH4.Ac.K.H2O/c1-3-8-5(7)4-6-2;1-2-7-4(6)3-5;1-6-2-3(7)5-4(6)8;2-1-3;1-2;;;;;/h6H,3-4H2,1-2H3;2-3H2,1H3;2H2,1H3,(H,5,7,8);3H;2H2,1H3;2*1H4;;;1H2/q;;;;;;;;+1;/p-1. The van der Waals surface area contributed by atoms with Gasteiger partial charge in [-0.25, -0.2) is 10.1 Å². The summed E-state index contributed by atoms with van der Waals surface area (Å²) in [6, 6.07) is -0.310. The maximum atomic E-state index is 10.4. The normalized spacial score (nSPS) is 8.97. The Bertz CT molecular complexity index is 481. The molecule has 33 heavy (non-hydrogen) atoms. The third-order valence-corrected chi connectivity index (χ3v) is 2.47. The molecule has 1 aliphatic rings.